The molecule has 1 saturated heterocycles. The topological polar surface area (TPSA) is 66.9 Å². The summed E-state index contributed by atoms with van der Waals surface area (Å²) in [7, 11) is 1.60. The van der Waals surface area contributed by atoms with Crippen LogP contribution in [-0.4, -0.2) is 20.2 Å². The third kappa shape index (κ3) is 3.50. The minimum atomic E-state index is -0.116. The second-order valence-corrected chi connectivity index (χ2v) is 7.74. The number of quaternary nitrogens is 1. The van der Waals surface area contributed by atoms with Crippen molar-refractivity contribution in [2.24, 2.45) is 5.92 Å². The van der Waals surface area contributed by atoms with Crippen molar-refractivity contribution in [3.8, 4) is 22.6 Å². The maximum Gasteiger partial charge on any atom is 0.200 e. The van der Waals surface area contributed by atoms with Gasteiger partial charge in [-0.3, -0.25) is 4.79 Å². The van der Waals surface area contributed by atoms with E-state index in [-0.39, 0.29) is 11.2 Å². The van der Waals surface area contributed by atoms with Crippen LogP contribution in [0.4, 0.5) is 0 Å². The quantitative estimate of drug-likeness (QED) is 0.756. The van der Waals surface area contributed by atoms with Gasteiger partial charge in [-0.15, -0.1) is 0 Å². The first-order valence-corrected chi connectivity index (χ1v) is 9.79. The molecule has 1 aromatic heterocycles. The molecule has 1 aliphatic heterocycles. The summed E-state index contributed by atoms with van der Waals surface area (Å²) in [5.74, 6) is 1.41. The number of fused-ring (bicyclic) bond motifs is 1. The van der Waals surface area contributed by atoms with Gasteiger partial charge in [0, 0.05) is 5.56 Å². The highest BCUT2D eigenvalue weighted by Gasteiger charge is 2.21. The molecule has 1 N–H and O–H groups in total. The molecule has 0 spiro atoms. The van der Waals surface area contributed by atoms with Gasteiger partial charge in [0.15, 0.2) is 0 Å². The van der Waals surface area contributed by atoms with E-state index in [2.05, 4.69) is 6.92 Å². The summed E-state index contributed by atoms with van der Waals surface area (Å²) in [4.78, 5) is 14.5. The summed E-state index contributed by atoms with van der Waals surface area (Å²) in [6, 6.07) is 10.4. The second-order valence-electron chi connectivity index (χ2n) is 7.74. The van der Waals surface area contributed by atoms with Crippen molar-refractivity contribution in [1.29, 1.82) is 0 Å². The van der Waals surface area contributed by atoms with Crippen LogP contribution in [0.3, 0.4) is 0 Å². The fourth-order valence-corrected chi connectivity index (χ4v) is 3.97. The molecule has 2 heterocycles. The lowest BCUT2D eigenvalue weighted by Crippen LogP contribution is -3.11. The Morgan fingerprint density at radius 2 is 1.86 bits per heavy atom. The Bertz CT molecular complexity index is 1030. The van der Waals surface area contributed by atoms with Gasteiger partial charge in [0.2, 0.25) is 5.43 Å². The summed E-state index contributed by atoms with van der Waals surface area (Å²) in [6.45, 7) is 4.97. The molecule has 0 unspecified atom stereocenters. The van der Waals surface area contributed by atoms with Crippen LogP contribution in [0.1, 0.15) is 25.3 Å². The van der Waals surface area contributed by atoms with Crippen LogP contribution in [0.25, 0.3) is 22.1 Å². The van der Waals surface area contributed by atoms with Crippen LogP contribution in [0, 0.1) is 5.92 Å². The Morgan fingerprint density at radius 3 is 2.54 bits per heavy atom. The molecule has 0 radical (unpaired) electrons. The predicted molar refractivity (Wildman–Crippen MR) is 107 cm³/mol. The number of hydrogen-bond donors (Lipinski definition) is 1. The van der Waals surface area contributed by atoms with Crippen LogP contribution in [-0.2, 0) is 6.54 Å². The van der Waals surface area contributed by atoms with Gasteiger partial charge in [-0.25, -0.2) is 0 Å². The van der Waals surface area contributed by atoms with E-state index in [4.69, 9.17) is 9.15 Å². The lowest BCUT2D eigenvalue weighted by Gasteiger charge is -2.28. The van der Waals surface area contributed by atoms with E-state index in [0.717, 1.165) is 30.3 Å². The lowest BCUT2D eigenvalue weighted by atomic mass is 9.98. The highest BCUT2D eigenvalue weighted by molar-refractivity contribution is 5.85. The maximum absolute atomic E-state index is 13.1. The monoisotopic (exact) mass is 379 g/mol. The van der Waals surface area contributed by atoms with Gasteiger partial charge in [-0.2, -0.15) is 0 Å². The second kappa shape index (κ2) is 7.68. The molecule has 28 heavy (non-hydrogen) atoms. The predicted octanol–water partition coefficient (Wildman–Crippen LogP) is 2.36. The molecule has 5 heteroatoms. The van der Waals surface area contributed by atoms with Crippen LogP contribution in [0.15, 0.2) is 51.9 Å². The third-order valence-electron chi connectivity index (χ3n) is 5.81. The first-order chi connectivity index (χ1) is 13.6. The molecule has 0 atom stereocenters. The number of hydrogen-bond acceptors (Lipinski definition) is 4. The first-order valence-electron chi connectivity index (χ1n) is 9.79. The van der Waals surface area contributed by atoms with Crippen LogP contribution < -0.4 is 20.2 Å². The van der Waals surface area contributed by atoms with E-state index < -0.39 is 0 Å². The van der Waals surface area contributed by atoms with Gasteiger partial charge in [0.1, 0.15) is 24.1 Å². The van der Waals surface area contributed by atoms with Gasteiger partial charge in [0.25, 0.3) is 0 Å². The normalized spacial score (nSPS) is 19.6. The molecule has 0 saturated carbocycles. The lowest BCUT2D eigenvalue weighted by molar-refractivity contribution is -0.919. The zero-order chi connectivity index (χ0) is 19.7. The average Bonchev–Trinajstić information content (AvgIpc) is 2.72. The van der Waals surface area contributed by atoms with E-state index in [1.54, 1.807) is 13.2 Å². The fraction of sp³-hybridized carbons (Fsp3) is 0.348. The number of benzene rings is 2. The smallest absolute Gasteiger partial charge is 0.200 e. The van der Waals surface area contributed by atoms with Gasteiger partial charge in [-0.1, -0.05) is 30.9 Å². The SMILES string of the molecule is COc1ccc(-c2coc3c(C[NH+]4CCC(C)CC4)c([O-])ccc3c2=O)cc1. The summed E-state index contributed by atoms with van der Waals surface area (Å²) in [6.07, 6.45) is 3.81. The minimum absolute atomic E-state index is 0.0565. The molecule has 0 amide bonds. The van der Waals surface area contributed by atoms with E-state index >= 15 is 0 Å². The molecule has 146 valence electrons. The van der Waals surface area contributed by atoms with Crippen molar-refractivity contribution in [1.82, 2.24) is 0 Å². The Labute approximate surface area is 164 Å². The Morgan fingerprint density at radius 1 is 1.14 bits per heavy atom. The molecule has 1 aliphatic rings. The van der Waals surface area contributed by atoms with Gasteiger partial charge in [-0.05, 0) is 42.5 Å². The van der Waals surface area contributed by atoms with E-state index in [1.807, 2.05) is 24.3 Å². The average molecular weight is 379 g/mol. The molecule has 0 aliphatic carbocycles. The van der Waals surface area contributed by atoms with Gasteiger partial charge in [0.05, 0.1) is 31.1 Å². The summed E-state index contributed by atoms with van der Waals surface area (Å²) >= 11 is 0. The van der Waals surface area contributed by atoms with Crippen LogP contribution in [0.5, 0.6) is 11.5 Å². The first kappa shape index (κ1) is 18.6. The van der Waals surface area contributed by atoms with Crippen LogP contribution in [0.2, 0.25) is 0 Å². The van der Waals surface area contributed by atoms with Crippen molar-refractivity contribution >= 4 is 11.0 Å². The molecule has 0 bridgehead atoms. The van der Waals surface area contributed by atoms with Gasteiger partial charge >= 0.3 is 0 Å². The number of ether oxygens (including phenoxy) is 1. The number of nitrogens with one attached hydrogen (secondary N) is 1. The van der Waals surface area contributed by atoms with E-state index in [1.165, 1.54) is 30.1 Å². The Kier molecular flexibility index (Phi) is 5.09. The Balaban J connectivity index is 1.73. The van der Waals surface area contributed by atoms with Crippen molar-refractivity contribution in [3.63, 3.8) is 0 Å². The standard InChI is InChI=1S/C23H25NO4/c1-15-9-11-24(12-10-15)13-19-21(25)8-7-18-22(26)20(14-28-23(18)19)16-3-5-17(27-2)6-4-16/h3-8,14-15,25H,9-13H2,1-2H3. The largest absolute Gasteiger partial charge is 0.872 e. The molecule has 1 fully saturated rings. The number of piperidine rings is 1. The van der Waals surface area contributed by atoms with Crippen molar-refractivity contribution in [3.05, 3.63) is 58.4 Å². The molecular weight excluding hydrogens is 354 g/mol. The maximum atomic E-state index is 13.1. The number of rotatable bonds is 4. The van der Waals surface area contributed by atoms with Crippen LogP contribution >= 0.6 is 0 Å². The molecule has 4 rings (SSSR count). The fourth-order valence-electron chi connectivity index (χ4n) is 3.97. The summed E-state index contributed by atoms with van der Waals surface area (Å²) in [5, 5.41) is 13.0. The molecule has 5 nitrogen and oxygen atoms in total. The minimum Gasteiger partial charge on any atom is -0.872 e. The summed E-state index contributed by atoms with van der Waals surface area (Å²) in [5.41, 5.74) is 2.18. The molecule has 2 aromatic carbocycles. The van der Waals surface area contributed by atoms with Crippen molar-refractivity contribution in [2.45, 2.75) is 26.3 Å². The molecule has 3 aromatic rings. The number of methoxy groups -OCH3 is 1. The van der Waals surface area contributed by atoms with E-state index in [9.17, 15) is 9.90 Å². The zero-order valence-corrected chi connectivity index (χ0v) is 16.3. The third-order valence-corrected chi connectivity index (χ3v) is 5.81. The zero-order valence-electron chi connectivity index (χ0n) is 16.3. The Hall–Kier alpha value is -2.79. The van der Waals surface area contributed by atoms with E-state index in [0.29, 0.717) is 28.6 Å². The van der Waals surface area contributed by atoms with Crippen molar-refractivity contribution < 1.29 is 19.2 Å². The summed E-state index contributed by atoms with van der Waals surface area (Å²) < 4.78 is 11.0. The highest BCUT2D eigenvalue weighted by atomic mass is 16.5. The highest BCUT2D eigenvalue weighted by Crippen LogP contribution is 2.27. The van der Waals surface area contributed by atoms with Crippen molar-refractivity contribution in [2.75, 3.05) is 20.2 Å². The van der Waals surface area contributed by atoms with Gasteiger partial charge < -0.3 is 19.2 Å². The number of likely N-dealkylation sites (tertiary alicyclic amines) is 1. The molecular formula is C23H25NO4.